The molecule has 21 heavy (non-hydrogen) atoms. The molecule has 2 atom stereocenters. The summed E-state index contributed by atoms with van der Waals surface area (Å²) >= 11 is 0. The predicted molar refractivity (Wildman–Crippen MR) is 81.5 cm³/mol. The third-order valence-corrected chi connectivity index (χ3v) is 3.95. The van der Waals surface area contributed by atoms with Crippen molar-refractivity contribution in [3.05, 3.63) is 29.8 Å². The molecule has 5 nitrogen and oxygen atoms in total. The number of carbonyl (C=O) groups is 2. The van der Waals surface area contributed by atoms with Crippen molar-refractivity contribution in [1.82, 2.24) is 5.32 Å². The quantitative estimate of drug-likeness (QED) is 0.797. The Balaban J connectivity index is 1.93. The Labute approximate surface area is 124 Å². The Morgan fingerprint density at radius 3 is 2.57 bits per heavy atom. The van der Waals surface area contributed by atoms with Crippen LogP contribution in [0.5, 0.6) is 0 Å². The summed E-state index contributed by atoms with van der Waals surface area (Å²) in [5.41, 5.74) is 1.89. The van der Waals surface area contributed by atoms with Gasteiger partial charge in [0.15, 0.2) is 0 Å². The van der Waals surface area contributed by atoms with E-state index in [1.54, 1.807) is 0 Å². The van der Waals surface area contributed by atoms with Crippen LogP contribution in [0.15, 0.2) is 24.3 Å². The van der Waals surface area contributed by atoms with E-state index in [1.807, 2.05) is 24.3 Å². The van der Waals surface area contributed by atoms with Crippen LogP contribution >= 0.6 is 0 Å². The van der Waals surface area contributed by atoms with Crippen molar-refractivity contribution in [3.63, 3.8) is 0 Å². The maximum atomic E-state index is 12.1. The van der Waals surface area contributed by atoms with E-state index in [0.29, 0.717) is 18.8 Å². The fraction of sp³-hybridized carbons (Fsp3) is 0.500. The van der Waals surface area contributed by atoms with Crippen LogP contribution in [0.25, 0.3) is 0 Å². The average molecular weight is 290 g/mol. The Hall–Kier alpha value is -2.04. The summed E-state index contributed by atoms with van der Waals surface area (Å²) in [6.45, 7) is 4.15. The molecule has 3 N–H and O–H groups in total. The van der Waals surface area contributed by atoms with Gasteiger partial charge in [0, 0.05) is 11.7 Å². The van der Waals surface area contributed by atoms with E-state index in [4.69, 9.17) is 5.11 Å². The monoisotopic (exact) mass is 290 g/mol. The molecule has 1 saturated carbocycles. The number of hydrogen-bond acceptors (Lipinski definition) is 2. The van der Waals surface area contributed by atoms with Crippen molar-refractivity contribution in [2.24, 2.45) is 5.92 Å². The maximum Gasteiger partial charge on any atom is 0.319 e. The number of nitrogens with one attached hydrogen (secondary N) is 2. The van der Waals surface area contributed by atoms with E-state index in [9.17, 15) is 9.59 Å². The van der Waals surface area contributed by atoms with Gasteiger partial charge in [0.2, 0.25) is 0 Å². The fourth-order valence-electron chi connectivity index (χ4n) is 2.79. The molecule has 2 amide bonds. The predicted octanol–water partition coefficient (Wildman–Crippen LogP) is 3.18. The van der Waals surface area contributed by atoms with E-state index in [1.165, 1.54) is 0 Å². The third kappa shape index (κ3) is 3.97. The Morgan fingerprint density at radius 2 is 1.95 bits per heavy atom. The Bertz CT molecular complexity index is 528. The van der Waals surface area contributed by atoms with Crippen LogP contribution in [0.2, 0.25) is 0 Å². The third-order valence-electron chi connectivity index (χ3n) is 3.95. The highest BCUT2D eigenvalue weighted by Crippen LogP contribution is 2.26. The van der Waals surface area contributed by atoms with Gasteiger partial charge in [-0.1, -0.05) is 32.0 Å². The van der Waals surface area contributed by atoms with Gasteiger partial charge < -0.3 is 15.7 Å². The number of carboxylic acids is 1. The van der Waals surface area contributed by atoms with Gasteiger partial charge in [0.05, 0.1) is 5.92 Å². The second-order valence-corrected chi connectivity index (χ2v) is 5.89. The molecule has 1 aromatic rings. The molecule has 0 radical (unpaired) electrons. The summed E-state index contributed by atoms with van der Waals surface area (Å²) in [5.74, 6) is -0.785. The van der Waals surface area contributed by atoms with Crippen LogP contribution in [-0.4, -0.2) is 23.1 Å². The zero-order valence-corrected chi connectivity index (χ0v) is 12.4. The topological polar surface area (TPSA) is 78.4 Å². The summed E-state index contributed by atoms with van der Waals surface area (Å²) in [7, 11) is 0. The van der Waals surface area contributed by atoms with Crippen molar-refractivity contribution in [3.8, 4) is 0 Å². The molecule has 0 aliphatic heterocycles. The van der Waals surface area contributed by atoms with Gasteiger partial charge in [-0.25, -0.2) is 4.79 Å². The van der Waals surface area contributed by atoms with Crippen LogP contribution in [0, 0.1) is 5.92 Å². The van der Waals surface area contributed by atoms with Crippen molar-refractivity contribution in [2.75, 3.05) is 5.32 Å². The van der Waals surface area contributed by atoms with Gasteiger partial charge in [-0.3, -0.25) is 4.79 Å². The normalized spacial score (nSPS) is 21.3. The first-order chi connectivity index (χ1) is 9.97. The molecule has 1 aliphatic carbocycles. The zero-order valence-electron chi connectivity index (χ0n) is 12.4. The van der Waals surface area contributed by atoms with Crippen molar-refractivity contribution < 1.29 is 14.7 Å². The number of hydrogen-bond donors (Lipinski definition) is 3. The van der Waals surface area contributed by atoms with E-state index in [-0.39, 0.29) is 18.0 Å². The number of para-hydroxylation sites is 1. The molecule has 2 rings (SSSR count). The second kappa shape index (κ2) is 6.61. The molecule has 0 spiro atoms. The molecule has 0 bridgehead atoms. The molecular weight excluding hydrogens is 268 g/mol. The molecule has 0 aromatic heterocycles. The minimum atomic E-state index is -0.773. The van der Waals surface area contributed by atoms with Crippen LogP contribution in [0.4, 0.5) is 10.5 Å². The van der Waals surface area contributed by atoms with Gasteiger partial charge in [-0.2, -0.15) is 0 Å². The summed E-state index contributed by atoms with van der Waals surface area (Å²) in [6.07, 6.45) is 1.85. The first kappa shape index (κ1) is 15.4. The van der Waals surface area contributed by atoms with Crippen LogP contribution in [0.1, 0.15) is 44.6 Å². The highest BCUT2D eigenvalue weighted by molar-refractivity contribution is 5.90. The molecule has 114 valence electrons. The van der Waals surface area contributed by atoms with Crippen LogP contribution in [-0.2, 0) is 4.79 Å². The van der Waals surface area contributed by atoms with E-state index >= 15 is 0 Å². The molecule has 0 heterocycles. The van der Waals surface area contributed by atoms with Crippen molar-refractivity contribution >= 4 is 17.7 Å². The molecule has 1 aromatic carbocycles. The molecule has 1 aliphatic rings. The van der Waals surface area contributed by atoms with Gasteiger partial charge in [-0.05, 0) is 36.8 Å². The average Bonchev–Trinajstić information content (AvgIpc) is 2.87. The highest BCUT2D eigenvalue weighted by Gasteiger charge is 2.30. The molecule has 5 heteroatoms. The number of aliphatic carboxylic acids is 1. The number of urea groups is 1. The Kier molecular flexibility index (Phi) is 4.83. The number of carbonyl (C=O) groups excluding carboxylic acids is 1. The summed E-state index contributed by atoms with van der Waals surface area (Å²) in [6, 6.07) is 7.39. The number of rotatable bonds is 4. The van der Waals surface area contributed by atoms with Gasteiger partial charge in [0.1, 0.15) is 0 Å². The number of carboxylic acid groups (broad SMARTS) is 1. The summed E-state index contributed by atoms with van der Waals surface area (Å²) in [4.78, 5) is 23.0. The lowest BCUT2D eigenvalue weighted by Gasteiger charge is -2.16. The number of amides is 2. The lowest BCUT2D eigenvalue weighted by Crippen LogP contribution is -2.37. The summed E-state index contributed by atoms with van der Waals surface area (Å²) in [5, 5.41) is 14.7. The largest absolute Gasteiger partial charge is 0.481 e. The van der Waals surface area contributed by atoms with Gasteiger partial charge in [-0.15, -0.1) is 0 Å². The highest BCUT2D eigenvalue weighted by atomic mass is 16.4. The Morgan fingerprint density at radius 1 is 1.24 bits per heavy atom. The minimum Gasteiger partial charge on any atom is -0.481 e. The van der Waals surface area contributed by atoms with Crippen LogP contribution in [0.3, 0.4) is 0 Å². The first-order valence-corrected chi connectivity index (χ1v) is 7.36. The first-order valence-electron chi connectivity index (χ1n) is 7.36. The number of anilines is 1. The van der Waals surface area contributed by atoms with E-state index in [0.717, 1.165) is 17.7 Å². The lowest BCUT2D eigenvalue weighted by molar-refractivity contribution is -0.141. The van der Waals surface area contributed by atoms with Crippen molar-refractivity contribution in [1.29, 1.82) is 0 Å². The van der Waals surface area contributed by atoms with E-state index < -0.39 is 5.97 Å². The smallest absolute Gasteiger partial charge is 0.319 e. The minimum absolute atomic E-state index is 0.0580. The standard InChI is InChI=1S/C16H22N2O3/c1-10(2)13-5-3-4-6-14(13)18-16(21)17-12-8-7-11(9-12)15(19)20/h3-6,10-12H,7-9H2,1-2H3,(H,19,20)(H2,17,18,21)/t11-,12+/m1/s1. The van der Waals surface area contributed by atoms with Gasteiger partial charge in [0.25, 0.3) is 0 Å². The SMILES string of the molecule is CC(C)c1ccccc1NC(=O)N[C@H]1CC[C@@H](C(=O)O)C1. The molecule has 1 fully saturated rings. The van der Waals surface area contributed by atoms with Gasteiger partial charge >= 0.3 is 12.0 Å². The lowest BCUT2D eigenvalue weighted by atomic mass is 10.0. The molecule has 0 saturated heterocycles. The zero-order chi connectivity index (χ0) is 15.4. The van der Waals surface area contributed by atoms with Crippen molar-refractivity contribution in [2.45, 2.75) is 45.1 Å². The van der Waals surface area contributed by atoms with E-state index in [2.05, 4.69) is 24.5 Å². The summed E-state index contributed by atoms with van der Waals surface area (Å²) < 4.78 is 0. The molecule has 0 unspecified atom stereocenters. The fourth-order valence-corrected chi connectivity index (χ4v) is 2.79. The second-order valence-electron chi connectivity index (χ2n) is 5.89. The van der Waals surface area contributed by atoms with Crippen LogP contribution < -0.4 is 10.6 Å². The number of benzene rings is 1. The maximum absolute atomic E-state index is 12.1. The molecular formula is C16H22N2O3.